The number of aliphatic hydroxyl groups excluding tert-OH is 1. The van der Waals surface area contributed by atoms with Gasteiger partial charge in [-0.25, -0.2) is 0 Å². The highest BCUT2D eigenvalue weighted by Crippen LogP contribution is 2.13. The van der Waals surface area contributed by atoms with Gasteiger partial charge in [0.25, 0.3) is 0 Å². The van der Waals surface area contributed by atoms with E-state index in [-0.39, 0.29) is 6.42 Å². The first kappa shape index (κ1) is 13.2. The predicted octanol–water partition coefficient (Wildman–Crippen LogP) is 2.34. The van der Waals surface area contributed by atoms with Crippen molar-refractivity contribution in [3.8, 4) is 0 Å². The highest BCUT2D eigenvalue weighted by molar-refractivity contribution is 5.71. The van der Waals surface area contributed by atoms with Crippen LogP contribution in [-0.2, 0) is 4.79 Å². The summed E-state index contributed by atoms with van der Waals surface area (Å²) >= 11 is 0. The van der Waals surface area contributed by atoms with E-state index in [2.05, 4.69) is 6.58 Å². The lowest BCUT2D eigenvalue weighted by Crippen LogP contribution is -2.25. The van der Waals surface area contributed by atoms with Crippen molar-refractivity contribution in [1.82, 2.24) is 0 Å². The van der Waals surface area contributed by atoms with Gasteiger partial charge in [0.1, 0.15) is 0 Å². The summed E-state index contributed by atoms with van der Waals surface area (Å²) in [4.78, 5) is 10.9. The average Bonchev–Trinajstić information content (AvgIpc) is 2.34. The van der Waals surface area contributed by atoms with Crippen molar-refractivity contribution in [2.75, 3.05) is 0 Å². The second-order valence-corrected chi connectivity index (χ2v) is 3.73. The smallest absolute Gasteiger partial charge is 0.309 e. The molecule has 0 amide bonds. The Labute approximate surface area is 101 Å². The van der Waals surface area contributed by atoms with Gasteiger partial charge in [-0.05, 0) is 12.0 Å². The summed E-state index contributed by atoms with van der Waals surface area (Å²) in [5, 5.41) is 18.7. The van der Waals surface area contributed by atoms with Crippen molar-refractivity contribution in [2.45, 2.75) is 12.5 Å². The van der Waals surface area contributed by atoms with Crippen LogP contribution in [0.5, 0.6) is 0 Å². The number of rotatable bonds is 6. The number of carbonyl (C=O) groups is 1. The lowest BCUT2D eigenvalue weighted by atomic mass is 9.98. The fourth-order valence-electron chi connectivity index (χ4n) is 1.47. The summed E-state index contributed by atoms with van der Waals surface area (Å²) in [5.74, 6) is -1.86. The number of allylic oxidation sites excluding steroid dienone is 1. The van der Waals surface area contributed by atoms with Crippen LogP contribution in [0.1, 0.15) is 12.0 Å². The fraction of sp³-hybridized carbons (Fsp3) is 0.214. The first-order chi connectivity index (χ1) is 8.15. The van der Waals surface area contributed by atoms with Crippen LogP contribution in [0, 0.1) is 5.92 Å². The summed E-state index contributed by atoms with van der Waals surface area (Å²) in [6.07, 6.45) is 3.95. The Hall–Kier alpha value is -1.87. The van der Waals surface area contributed by atoms with E-state index in [9.17, 15) is 9.90 Å². The molecule has 0 saturated heterocycles. The Morgan fingerprint density at radius 3 is 2.53 bits per heavy atom. The molecule has 90 valence electrons. The van der Waals surface area contributed by atoms with E-state index in [4.69, 9.17) is 5.11 Å². The molecule has 0 fully saturated rings. The molecule has 0 aliphatic rings. The molecule has 2 N–H and O–H groups in total. The van der Waals surface area contributed by atoms with Gasteiger partial charge in [0.05, 0.1) is 12.0 Å². The van der Waals surface area contributed by atoms with Gasteiger partial charge in [0.15, 0.2) is 0 Å². The fourth-order valence-corrected chi connectivity index (χ4v) is 1.47. The monoisotopic (exact) mass is 232 g/mol. The van der Waals surface area contributed by atoms with Crippen LogP contribution >= 0.6 is 0 Å². The van der Waals surface area contributed by atoms with E-state index < -0.39 is 18.0 Å². The van der Waals surface area contributed by atoms with Gasteiger partial charge in [0, 0.05) is 0 Å². The number of aliphatic hydroxyl groups is 1. The third-order valence-corrected chi connectivity index (χ3v) is 2.44. The molecule has 0 heterocycles. The number of hydrogen-bond donors (Lipinski definition) is 2. The van der Waals surface area contributed by atoms with E-state index in [0.717, 1.165) is 5.56 Å². The molecular weight excluding hydrogens is 216 g/mol. The number of benzene rings is 1. The molecule has 0 unspecified atom stereocenters. The molecule has 0 aliphatic heterocycles. The van der Waals surface area contributed by atoms with Crippen LogP contribution in [0.15, 0.2) is 49.1 Å². The molecule has 17 heavy (non-hydrogen) atoms. The SMILES string of the molecule is C=CC[C@@H](C(=O)O)[C@H](O)/C=C/c1ccccc1. The molecule has 1 aromatic rings. The van der Waals surface area contributed by atoms with Crippen LogP contribution in [-0.4, -0.2) is 22.3 Å². The summed E-state index contributed by atoms with van der Waals surface area (Å²) in [7, 11) is 0. The van der Waals surface area contributed by atoms with Gasteiger partial charge in [0.2, 0.25) is 0 Å². The van der Waals surface area contributed by atoms with Crippen LogP contribution < -0.4 is 0 Å². The zero-order chi connectivity index (χ0) is 12.7. The maximum atomic E-state index is 10.9. The Morgan fingerprint density at radius 1 is 1.35 bits per heavy atom. The lowest BCUT2D eigenvalue weighted by molar-refractivity contribution is -0.144. The van der Waals surface area contributed by atoms with Crippen molar-refractivity contribution < 1.29 is 15.0 Å². The molecular formula is C14H16O3. The molecule has 1 aromatic carbocycles. The highest BCUT2D eigenvalue weighted by Gasteiger charge is 2.22. The third kappa shape index (κ3) is 4.25. The first-order valence-corrected chi connectivity index (χ1v) is 5.40. The summed E-state index contributed by atoms with van der Waals surface area (Å²) in [6.45, 7) is 3.49. The van der Waals surface area contributed by atoms with Crippen LogP contribution in [0.2, 0.25) is 0 Å². The predicted molar refractivity (Wildman–Crippen MR) is 67.4 cm³/mol. The number of aliphatic carboxylic acids is 1. The third-order valence-electron chi connectivity index (χ3n) is 2.44. The number of carboxylic acids is 1. The molecule has 0 aliphatic carbocycles. The zero-order valence-electron chi connectivity index (χ0n) is 9.49. The summed E-state index contributed by atoms with van der Waals surface area (Å²) in [5.41, 5.74) is 0.925. The maximum Gasteiger partial charge on any atom is 0.309 e. The van der Waals surface area contributed by atoms with Gasteiger partial charge in [-0.3, -0.25) is 4.79 Å². The minimum absolute atomic E-state index is 0.246. The largest absolute Gasteiger partial charge is 0.481 e. The molecule has 0 radical (unpaired) electrons. The summed E-state index contributed by atoms with van der Waals surface area (Å²) in [6, 6.07) is 9.42. The highest BCUT2D eigenvalue weighted by atomic mass is 16.4. The topological polar surface area (TPSA) is 57.5 Å². The van der Waals surface area contributed by atoms with Gasteiger partial charge >= 0.3 is 5.97 Å². The van der Waals surface area contributed by atoms with E-state index in [0.29, 0.717) is 0 Å². The zero-order valence-corrected chi connectivity index (χ0v) is 9.49. The van der Waals surface area contributed by atoms with Gasteiger partial charge in [-0.2, -0.15) is 0 Å². The first-order valence-electron chi connectivity index (χ1n) is 5.40. The van der Waals surface area contributed by atoms with Crippen LogP contribution in [0.4, 0.5) is 0 Å². The van der Waals surface area contributed by atoms with Crippen molar-refractivity contribution in [3.63, 3.8) is 0 Å². The van der Waals surface area contributed by atoms with Gasteiger partial charge in [-0.15, -0.1) is 6.58 Å². The van der Waals surface area contributed by atoms with E-state index >= 15 is 0 Å². The van der Waals surface area contributed by atoms with Crippen molar-refractivity contribution in [2.24, 2.45) is 5.92 Å². The standard InChI is InChI=1S/C14H16O3/c1-2-6-12(14(16)17)13(15)10-9-11-7-4-3-5-8-11/h2-5,7-10,12-13,15H,1,6H2,(H,16,17)/b10-9+/t12-,13-/m1/s1. The Morgan fingerprint density at radius 2 is 2.00 bits per heavy atom. The van der Waals surface area contributed by atoms with E-state index in [1.54, 1.807) is 6.08 Å². The molecule has 3 heteroatoms. The maximum absolute atomic E-state index is 10.9. The van der Waals surface area contributed by atoms with Crippen molar-refractivity contribution in [1.29, 1.82) is 0 Å². The minimum atomic E-state index is -1.02. The Kier molecular flexibility index (Phi) is 5.17. The summed E-state index contributed by atoms with van der Waals surface area (Å²) < 4.78 is 0. The quantitative estimate of drug-likeness (QED) is 0.740. The normalized spacial score (nSPS) is 14.4. The number of carboxylic acid groups (broad SMARTS) is 1. The average molecular weight is 232 g/mol. The molecule has 3 nitrogen and oxygen atoms in total. The molecule has 0 saturated carbocycles. The Balaban J connectivity index is 2.69. The van der Waals surface area contributed by atoms with Crippen LogP contribution in [0.25, 0.3) is 6.08 Å². The lowest BCUT2D eigenvalue weighted by Gasteiger charge is -2.13. The van der Waals surface area contributed by atoms with Gasteiger partial charge < -0.3 is 10.2 Å². The second-order valence-electron chi connectivity index (χ2n) is 3.73. The Bertz CT molecular complexity index is 395. The minimum Gasteiger partial charge on any atom is -0.481 e. The number of hydrogen-bond acceptors (Lipinski definition) is 2. The second kappa shape index (κ2) is 6.66. The van der Waals surface area contributed by atoms with Crippen molar-refractivity contribution >= 4 is 12.0 Å². The molecule has 0 aromatic heterocycles. The molecule has 0 bridgehead atoms. The molecule has 0 spiro atoms. The molecule has 1 rings (SSSR count). The van der Waals surface area contributed by atoms with Crippen LogP contribution in [0.3, 0.4) is 0 Å². The molecule has 2 atom stereocenters. The van der Waals surface area contributed by atoms with E-state index in [1.165, 1.54) is 12.2 Å². The van der Waals surface area contributed by atoms with Crippen molar-refractivity contribution in [3.05, 3.63) is 54.6 Å². The van der Waals surface area contributed by atoms with E-state index in [1.807, 2.05) is 30.3 Å². The van der Waals surface area contributed by atoms with Gasteiger partial charge in [-0.1, -0.05) is 48.6 Å².